The fourth-order valence-electron chi connectivity index (χ4n) is 2.21. The molecule has 1 atom stereocenters. The Morgan fingerprint density at radius 2 is 2.05 bits per heavy atom. The minimum atomic E-state index is -0.648. The summed E-state index contributed by atoms with van der Waals surface area (Å²) < 4.78 is 21.4. The molecule has 1 heterocycles. The molecule has 0 aromatic heterocycles. The van der Waals surface area contributed by atoms with Gasteiger partial charge in [-0.15, -0.1) is 0 Å². The van der Waals surface area contributed by atoms with Gasteiger partial charge in [-0.2, -0.15) is 0 Å². The van der Waals surface area contributed by atoms with Gasteiger partial charge in [-0.25, -0.2) is 0 Å². The Labute approximate surface area is 124 Å². The predicted octanol–water partition coefficient (Wildman–Crippen LogP) is 1.05. The van der Waals surface area contributed by atoms with Crippen molar-refractivity contribution in [1.29, 1.82) is 0 Å². The third-order valence-corrected chi connectivity index (χ3v) is 3.50. The highest BCUT2D eigenvalue weighted by Gasteiger charge is 2.23. The van der Waals surface area contributed by atoms with Crippen molar-refractivity contribution in [2.24, 2.45) is 0 Å². The van der Waals surface area contributed by atoms with Gasteiger partial charge in [0.15, 0.2) is 11.5 Å². The second-order valence-electron chi connectivity index (χ2n) is 5.39. The molecule has 116 valence electrons. The van der Waals surface area contributed by atoms with Gasteiger partial charge in [0.25, 0.3) is 0 Å². The van der Waals surface area contributed by atoms with Gasteiger partial charge in [-0.1, -0.05) is 0 Å². The Morgan fingerprint density at radius 1 is 1.29 bits per heavy atom. The van der Waals surface area contributed by atoms with E-state index in [2.05, 4.69) is 5.32 Å². The largest absolute Gasteiger partial charge is 0.490 e. The maximum Gasteiger partial charge on any atom is 0.231 e. The minimum Gasteiger partial charge on any atom is -0.490 e. The van der Waals surface area contributed by atoms with Crippen molar-refractivity contribution in [3.8, 4) is 17.2 Å². The van der Waals surface area contributed by atoms with Crippen molar-refractivity contribution >= 4 is 0 Å². The van der Waals surface area contributed by atoms with Crippen LogP contribution < -0.4 is 19.5 Å². The standard InChI is InChI=1S/C15H21NO5/c1-18-7-12(17)8-19-13-5-15-14(20-9-21-15)4-10(13)6-16-11-2-3-11/h4-5,11-12,16-17H,2-3,6-9H2,1H3. The van der Waals surface area contributed by atoms with Crippen molar-refractivity contribution in [3.63, 3.8) is 0 Å². The lowest BCUT2D eigenvalue weighted by Gasteiger charge is -2.15. The summed E-state index contributed by atoms with van der Waals surface area (Å²) in [5, 5.41) is 13.2. The van der Waals surface area contributed by atoms with Gasteiger partial charge in [0, 0.05) is 31.3 Å². The summed E-state index contributed by atoms with van der Waals surface area (Å²) in [6.07, 6.45) is 1.81. The first-order valence-electron chi connectivity index (χ1n) is 7.22. The lowest BCUT2D eigenvalue weighted by molar-refractivity contribution is 0.0322. The minimum absolute atomic E-state index is 0.184. The molecule has 1 aliphatic carbocycles. The van der Waals surface area contributed by atoms with Crippen LogP contribution in [-0.4, -0.2) is 44.4 Å². The van der Waals surface area contributed by atoms with Crippen LogP contribution in [0.15, 0.2) is 12.1 Å². The lowest BCUT2D eigenvalue weighted by atomic mass is 10.1. The predicted molar refractivity (Wildman–Crippen MR) is 75.8 cm³/mol. The van der Waals surface area contributed by atoms with E-state index in [1.807, 2.05) is 12.1 Å². The van der Waals surface area contributed by atoms with Gasteiger partial charge >= 0.3 is 0 Å². The zero-order valence-electron chi connectivity index (χ0n) is 12.1. The molecular formula is C15H21NO5. The van der Waals surface area contributed by atoms with Crippen molar-refractivity contribution in [1.82, 2.24) is 5.32 Å². The number of aliphatic hydroxyl groups excluding tert-OH is 1. The SMILES string of the molecule is COCC(O)COc1cc2c(cc1CNC1CC1)OCO2. The van der Waals surface area contributed by atoms with Crippen LogP contribution in [0.3, 0.4) is 0 Å². The molecular weight excluding hydrogens is 274 g/mol. The lowest BCUT2D eigenvalue weighted by Crippen LogP contribution is -2.23. The highest BCUT2D eigenvalue weighted by molar-refractivity contribution is 5.51. The van der Waals surface area contributed by atoms with E-state index in [0.717, 1.165) is 17.9 Å². The maximum absolute atomic E-state index is 9.70. The maximum atomic E-state index is 9.70. The van der Waals surface area contributed by atoms with E-state index in [4.69, 9.17) is 18.9 Å². The second-order valence-corrected chi connectivity index (χ2v) is 5.39. The van der Waals surface area contributed by atoms with Gasteiger partial charge in [0.1, 0.15) is 18.5 Å². The van der Waals surface area contributed by atoms with Crippen LogP contribution in [0.2, 0.25) is 0 Å². The number of rotatable bonds is 8. The molecule has 0 amide bonds. The zero-order valence-corrected chi connectivity index (χ0v) is 12.1. The molecule has 2 aliphatic rings. The van der Waals surface area contributed by atoms with Crippen LogP contribution in [0, 0.1) is 0 Å². The van der Waals surface area contributed by atoms with Crippen LogP contribution >= 0.6 is 0 Å². The van der Waals surface area contributed by atoms with Gasteiger partial charge in [0.2, 0.25) is 6.79 Å². The van der Waals surface area contributed by atoms with Crippen LogP contribution in [0.5, 0.6) is 17.2 Å². The molecule has 0 radical (unpaired) electrons. The number of hydrogen-bond donors (Lipinski definition) is 2. The molecule has 1 fully saturated rings. The van der Waals surface area contributed by atoms with Crippen molar-refractivity contribution in [2.75, 3.05) is 27.1 Å². The van der Waals surface area contributed by atoms with Crippen molar-refractivity contribution in [2.45, 2.75) is 31.5 Å². The Balaban J connectivity index is 1.69. The molecule has 0 spiro atoms. The fourth-order valence-corrected chi connectivity index (χ4v) is 2.21. The van der Waals surface area contributed by atoms with Crippen LogP contribution in [0.1, 0.15) is 18.4 Å². The number of ether oxygens (including phenoxy) is 4. The molecule has 1 aromatic carbocycles. The third-order valence-electron chi connectivity index (χ3n) is 3.50. The third kappa shape index (κ3) is 3.78. The molecule has 21 heavy (non-hydrogen) atoms. The normalized spacial score (nSPS) is 17.8. The molecule has 0 saturated heterocycles. The van der Waals surface area contributed by atoms with Crippen LogP contribution in [0.25, 0.3) is 0 Å². The van der Waals surface area contributed by atoms with E-state index in [1.165, 1.54) is 12.8 Å². The number of benzene rings is 1. The quantitative estimate of drug-likeness (QED) is 0.747. The summed E-state index contributed by atoms with van der Waals surface area (Å²) in [5.74, 6) is 2.14. The van der Waals surface area contributed by atoms with Gasteiger partial charge < -0.3 is 29.4 Å². The summed E-state index contributed by atoms with van der Waals surface area (Å²) in [4.78, 5) is 0. The summed E-state index contributed by atoms with van der Waals surface area (Å²) in [6.45, 7) is 1.39. The monoisotopic (exact) mass is 295 g/mol. The molecule has 0 bridgehead atoms. The Kier molecular flexibility index (Phi) is 4.48. The number of nitrogens with one attached hydrogen (secondary N) is 1. The van der Waals surface area contributed by atoms with Crippen LogP contribution in [-0.2, 0) is 11.3 Å². The van der Waals surface area contributed by atoms with Gasteiger partial charge in [0.05, 0.1) is 6.61 Å². The van der Waals surface area contributed by atoms with E-state index < -0.39 is 6.10 Å². The average Bonchev–Trinajstić information content (AvgIpc) is 3.19. The van der Waals surface area contributed by atoms with Gasteiger partial charge in [-0.3, -0.25) is 0 Å². The zero-order chi connectivity index (χ0) is 14.7. The number of fused-ring (bicyclic) bond motifs is 1. The molecule has 1 unspecified atom stereocenters. The number of aliphatic hydroxyl groups is 1. The molecule has 1 aromatic rings. The van der Waals surface area contributed by atoms with E-state index in [1.54, 1.807) is 7.11 Å². The van der Waals surface area contributed by atoms with Crippen molar-refractivity contribution < 1.29 is 24.1 Å². The first-order valence-corrected chi connectivity index (χ1v) is 7.22. The number of methoxy groups -OCH3 is 1. The first kappa shape index (κ1) is 14.4. The highest BCUT2D eigenvalue weighted by atomic mass is 16.7. The smallest absolute Gasteiger partial charge is 0.231 e. The highest BCUT2D eigenvalue weighted by Crippen LogP contribution is 2.38. The topological polar surface area (TPSA) is 69.2 Å². The summed E-state index contributed by atoms with van der Waals surface area (Å²) >= 11 is 0. The van der Waals surface area contributed by atoms with E-state index in [-0.39, 0.29) is 20.0 Å². The average molecular weight is 295 g/mol. The molecule has 1 saturated carbocycles. The molecule has 1 aliphatic heterocycles. The molecule has 2 N–H and O–H groups in total. The first-order chi connectivity index (χ1) is 10.3. The summed E-state index contributed by atoms with van der Waals surface area (Å²) in [5.41, 5.74) is 1.01. The summed E-state index contributed by atoms with van der Waals surface area (Å²) in [6, 6.07) is 4.38. The second kappa shape index (κ2) is 6.51. The molecule has 6 heteroatoms. The van der Waals surface area contributed by atoms with E-state index in [9.17, 15) is 5.11 Å². The summed E-state index contributed by atoms with van der Waals surface area (Å²) in [7, 11) is 1.55. The molecule has 3 rings (SSSR count). The molecule has 6 nitrogen and oxygen atoms in total. The Hall–Kier alpha value is -1.50. The fraction of sp³-hybridized carbons (Fsp3) is 0.600. The van der Waals surface area contributed by atoms with Crippen molar-refractivity contribution in [3.05, 3.63) is 17.7 Å². The van der Waals surface area contributed by atoms with Crippen LogP contribution in [0.4, 0.5) is 0 Å². The Morgan fingerprint density at radius 3 is 2.76 bits per heavy atom. The van der Waals surface area contributed by atoms with E-state index >= 15 is 0 Å². The van der Waals surface area contributed by atoms with E-state index in [0.29, 0.717) is 17.5 Å². The van der Waals surface area contributed by atoms with Gasteiger partial charge in [-0.05, 0) is 18.9 Å². The Bertz CT molecular complexity index is 489. The number of hydrogen-bond acceptors (Lipinski definition) is 6.